The quantitative estimate of drug-likeness (QED) is 0.674. The van der Waals surface area contributed by atoms with Crippen molar-refractivity contribution < 1.29 is 4.79 Å². The molecule has 0 unspecified atom stereocenters. The number of carbonyl (C=O) groups excluding carboxylic acids is 1. The van der Waals surface area contributed by atoms with E-state index in [0.29, 0.717) is 18.4 Å². The van der Waals surface area contributed by atoms with Crippen LogP contribution in [0.2, 0.25) is 0 Å². The molecule has 70 valence electrons. The summed E-state index contributed by atoms with van der Waals surface area (Å²) in [6.07, 6.45) is 1.68. The molecule has 3 nitrogen and oxygen atoms in total. The second-order valence-electron chi connectivity index (χ2n) is 3.91. The van der Waals surface area contributed by atoms with Gasteiger partial charge in [-0.3, -0.25) is 4.79 Å². The Morgan fingerprint density at radius 1 is 1.67 bits per heavy atom. The first-order valence-electron chi connectivity index (χ1n) is 4.62. The van der Waals surface area contributed by atoms with Gasteiger partial charge in [0.1, 0.15) is 0 Å². The molecule has 3 heteroatoms. The summed E-state index contributed by atoms with van der Waals surface area (Å²) in [5, 5.41) is 0. The van der Waals surface area contributed by atoms with E-state index in [2.05, 4.69) is 18.7 Å². The number of hydrogen-bond donors (Lipinski definition) is 1. The lowest BCUT2D eigenvalue weighted by Crippen LogP contribution is -2.28. The number of nitrogens with two attached hydrogens (primary N) is 1. The Labute approximate surface area is 73.9 Å². The number of nitrogens with zero attached hydrogens (tertiary/aromatic N) is 1. The maximum atomic E-state index is 10.6. The fraction of sp³-hybridized carbons (Fsp3) is 0.889. The maximum absolute atomic E-state index is 10.6. The van der Waals surface area contributed by atoms with E-state index >= 15 is 0 Å². The number of hydrogen-bond acceptors (Lipinski definition) is 2. The number of amides is 1. The minimum absolute atomic E-state index is 0.161. The van der Waals surface area contributed by atoms with Crippen molar-refractivity contribution in [3.8, 4) is 0 Å². The highest BCUT2D eigenvalue weighted by atomic mass is 16.1. The summed E-state index contributed by atoms with van der Waals surface area (Å²) in [5.41, 5.74) is 5.14. The van der Waals surface area contributed by atoms with Crippen LogP contribution in [0, 0.1) is 5.92 Å². The van der Waals surface area contributed by atoms with Gasteiger partial charge in [0.25, 0.3) is 0 Å². The Bertz CT molecular complexity index is 168. The van der Waals surface area contributed by atoms with Crippen molar-refractivity contribution in [2.45, 2.75) is 32.7 Å². The van der Waals surface area contributed by atoms with Crippen molar-refractivity contribution in [3.63, 3.8) is 0 Å². The summed E-state index contributed by atoms with van der Waals surface area (Å²) in [6.45, 7) is 6.54. The third-order valence-corrected chi connectivity index (χ3v) is 2.54. The molecule has 0 aliphatic carbocycles. The third-order valence-electron chi connectivity index (χ3n) is 2.54. The van der Waals surface area contributed by atoms with Gasteiger partial charge in [-0.2, -0.15) is 0 Å². The highest BCUT2D eigenvalue weighted by molar-refractivity contribution is 5.74. The summed E-state index contributed by atoms with van der Waals surface area (Å²) in [7, 11) is 0. The predicted molar refractivity (Wildman–Crippen MR) is 48.6 cm³/mol. The highest BCUT2D eigenvalue weighted by Gasteiger charge is 2.24. The normalized spacial score (nSPS) is 25.1. The zero-order chi connectivity index (χ0) is 9.14. The van der Waals surface area contributed by atoms with Gasteiger partial charge in [-0.15, -0.1) is 0 Å². The van der Waals surface area contributed by atoms with Crippen LogP contribution in [-0.2, 0) is 4.79 Å². The lowest BCUT2D eigenvalue weighted by molar-refractivity contribution is -0.118. The minimum Gasteiger partial charge on any atom is -0.370 e. The standard InChI is InChI=1S/C9H18N2O/c1-7(2)11-4-3-8(6-11)5-9(10)12/h7-8H,3-6H2,1-2H3,(H2,10,12)/t8-/m0/s1. The van der Waals surface area contributed by atoms with Crippen LogP contribution < -0.4 is 5.73 Å². The average molecular weight is 170 g/mol. The lowest BCUT2D eigenvalue weighted by Gasteiger charge is -2.19. The zero-order valence-corrected chi connectivity index (χ0v) is 7.92. The smallest absolute Gasteiger partial charge is 0.217 e. The van der Waals surface area contributed by atoms with Gasteiger partial charge in [0.2, 0.25) is 5.91 Å². The zero-order valence-electron chi connectivity index (χ0n) is 7.92. The monoisotopic (exact) mass is 170 g/mol. The molecule has 0 bridgehead atoms. The van der Waals surface area contributed by atoms with E-state index in [1.54, 1.807) is 0 Å². The van der Waals surface area contributed by atoms with Crippen LogP contribution in [-0.4, -0.2) is 29.9 Å². The molecule has 1 fully saturated rings. The molecule has 0 spiro atoms. The van der Waals surface area contributed by atoms with E-state index in [1.165, 1.54) is 0 Å². The van der Waals surface area contributed by atoms with Gasteiger partial charge >= 0.3 is 0 Å². The van der Waals surface area contributed by atoms with Crippen LogP contribution in [0.3, 0.4) is 0 Å². The third kappa shape index (κ3) is 2.48. The van der Waals surface area contributed by atoms with Gasteiger partial charge < -0.3 is 10.6 Å². The summed E-state index contributed by atoms with van der Waals surface area (Å²) in [4.78, 5) is 13.0. The summed E-state index contributed by atoms with van der Waals surface area (Å²) in [5.74, 6) is 0.343. The van der Waals surface area contributed by atoms with Crippen LogP contribution in [0.15, 0.2) is 0 Å². The second-order valence-corrected chi connectivity index (χ2v) is 3.91. The molecule has 12 heavy (non-hydrogen) atoms. The van der Waals surface area contributed by atoms with Gasteiger partial charge in [0.15, 0.2) is 0 Å². The van der Waals surface area contributed by atoms with Crippen LogP contribution in [0.5, 0.6) is 0 Å². The Morgan fingerprint density at radius 2 is 2.33 bits per heavy atom. The van der Waals surface area contributed by atoms with Crippen LogP contribution in [0.1, 0.15) is 26.7 Å². The fourth-order valence-electron chi connectivity index (χ4n) is 1.78. The maximum Gasteiger partial charge on any atom is 0.217 e. The topological polar surface area (TPSA) is 46.3 Å². The van der Waals surface area contributed by atoms with Crippen LogP contribution in [0.25, 0.3) is 0 Å². The summed E-state index contributed by atoms with van der Waals surface area (Å²) in [6, 6.07) is 0.600. The van der Waals surface area contributed by atoms with Crippen molar-refractivity contribution in [2.75, 3.05) is 13.1 Å². The SMILES string of the molecule is CC(C)N1CC[C@@H](CC(N)=O)C1. The molecule has 0 aromatic carbocycles. The minimum atomic E-state index is -0.161. The molecule has 1 amide bonds. The molecule has 0 radical (unpaired) electrons. The van der Waals surface area contributed by atoms with E-state index in [4.69, 9.17) is 5.73 Å². The fourth-order valence-corrected chi connectivity index (χ4v) is 1.78. The Balaban J connectivity index is 2.30. The summed E-state index contributed by atoms with van der Waals surface area (Å²) < 4.78 is 0. The van der Waals surface area contributed by atoms with E-state index in [1.807, 2.05) is 0 Å². The number of carbonyl (C=O) groups is 1. The molecule has 1 atom stereocenters. The average Bonchev–Trinajstić information content (AvgIpc) is 2.34. The van der Waals surface area contributed by atoms with E-state index in [0.717, 1.165) is 19.5 Å². The molecule has 1 saturated heterocycles. The van der Waals surface area contributed by atoms with Crippen LogP contribution in [0.4, 0.5) is 0 Å². The molecule has 0 aromatic heterocycles. The van der Waals surface area contributed by atoms with Gasteiger partial charge in [0.05, 0.1) is 0 Å². The number of primary amides is 1. The van der Waals surface area contributed by atoms with Crippen molar-refractivity contribution >= 4 is 5.91 Å². The first kappa shape index (κ1) is 9.52. The first-order valence-corrected chi connectivity index (χ1v) is 4.62. The number of rotatable bonds is 3. The first-order chi connectivity index (χ1) is 5.59. The Hall–Kier alpha value is -0.570. The molecule has 1 rings (SSSR count). The van der Waals surface area contributed by atoms with Crippen molar-refractivity contribution in [1.82, 2.24) is 4.90 Å². The van der Waals surface area contributed by atoms with Gasteiger partial charge in [-0.05, 0) is 32.7 Å². The van der Waals surface area contributed by atoms with Gasteiger partial charge in [-0.25, -0.2) is 0 Å². The van der Waals surface area contributed by atoms with Gasteiger partial charge in [-0.1, -0.05) is 0 Å². The molecule has 1 heterocycles. The summed E-state index contributed by atoms with van der Waals surface area (Å²) >= 11 is 0. The van der Waals surface area contributed by atoms with E-state index in [9.17, 15) is 4.79 Å². The molecular formula is C9H18N2O. The van der Waals surface area contributed by atoms with Crippen molar-refractivity contribution in [2.24, 2.45) is 11.7 Å². The Morgan fingerprint density at radius 3 is 2.75 bits per heavy atom. The predicted octanol–water partition coefficient (Wildman–Crippen LogP) is 0.592. The van der Waals surface area contributed by atoms with Crippen LogP contribution >= 0.6 is 0 Å². The molecule has 0 aromatic rings. The van der Waals surface area contributed by atoms with Crippen molar-refractivity contribution in [3.05, 3.63) is 0 Å². The van der Waals surface area contributed by atoms with E-state index < -0.39 is 0 Å². The molecular weight excluding hydrogens is 152 g/mol. The highest BCUT2D eigenvalue weighted by Crippen LogP contribution is 2.20. The molecule has 1 aliphatic heterocycles. The van der Waals surface area contributed by atoms with E-state index in [-0.39, 0.29) is 5.91 Å². The lowest BCUT2D eigenvalue weighted by atomic mass is 10.1. The number of likely N-dealkylation sites (tertiary alicyclic amines) is 1. The molecule has 2 N–H and O–H groups in total. The Kier molecular flexibility index (Phi) is 3.09. The largest absolute Gasteiger partial charge is 0.370 e. The van der Waals surface area contributed by atoms with Gasteiger partial charge in [0, 0.05) is 19.0 Å². The van der Waals surface area contributed by atoms with Crippen molar-refractivity contribution in [1.29, 1.82) is 0 Å². The molecule has 1 aliphatic rings. The molecule has 0 saturated carbocycles. The second kappa shape index (κ2) is 3.90.